The third-order valence-corrected chi connectivity index (χ3v) is 3.52. The van der Waals surface area contributed by atoms with Gasteiger partial charge in [0.1, 0.15) is 10.6 Å². The summed E-state index contributed by atoms with van der Waals surface area (Å²) in [5.74, 6) is 0.359. The first-order valence-corrected chi connectivity index (χ1v) is 7.00. The highest BCUT2D eigenvalue weighted by Crippen LogP contribution is 2.33. The van der Waals surface area contributed by atoms with Crippen LogP contribution in [0.1, 0.15) is 18.4 Å². The quantitative estimate of drug-likeness (QED) is 0.770. The molecule has 0 N–H and O–H groups in total. The predicted octanol–water partition coefficient (Wildman–Crippen LogP) is 2.46. The first kappa shape index (κ1) is 10.8. The lowest BCUT2D eigenvalue weighted by molar-refractivity contribution is 0.295. The minimum atomic E-state index is -3.73. The summed E-state index contributed by atoms with van der Waals surface area (Å²) in [6.45, 7) is 1.81. The molecular formula is C10H11ClO3S. The molecule has 0 unspecified atom stereocenters. The van der Waals surface area contributed by atoms with E-state index in [1.165, 1.54) is 6.07 Å². The molecule has 82 valence electrons. The predicted molar refractivity (Wildman–Crippen MR) is 57.9 cm³/mol. The molecule has 15 heavy (non-hydrogen) atoms. The highest BCUT2D eigenvalue weighted by molar-refractivity contribution is 8.13. The Morgan fingerprint density at radius 3 is 2.60 bits per heavy atom. The third-order valence-electron chi connectivity index (χ3n) is 2.18. The maximum absolute atomic E-state index is 11.3. The molecule has 0 heterocycles. The van der Waals surface area contributed by atoms with Crippen LogP contribution in [0.15, 0.2) is 23.1 Å². The van der Waals surface area contributed by atoms with Crippen molar-refractivity contribution in [3.63, 3.8) is 0 Å². The Morgan fingerprint density at radius 2 is 2.07 bits per heavy atom. The molecule has 1 saturated carbocycles. The highest BCUT2D eigenvalue weighted by Gasteiger charge is 2.26. The van der Waals surface area contributed by atoms with Gasteiger partial charge >= 0.3 is 0 Å². The number of halogens is 1. The summed E-state index contributed by atoms with van der Waals surface area (Å²) in [5.41, 5.74) is 0.845. The van der Waals surface area contributed by atoms with E-state index in [2.05, 4.69) is 0 Å². The second kappa shape index (κ2) is 3.68. The van der Waals surface area contributed by atoms with Crippen molar-refractivity contribution in [1.29, 1.82) is 0 Å². The van der Waals surface area contributed by atoms with Crippen molar-refractivity contribution in [2.24, 2.45) is 0 Å². The molecule has 1 aliphatic carbocycles. The minimum absolute atomic E-state index is 0.0658. The number of hydrogen-bond acceptors (Lipinski definition) is 3. The highest BCUT2D eigenvalue weighted by atomic mass is 35.7. The topological polar surface area (TPSA) is 43.4 Å². The molecular weight excluding hydrogens is 236 g/mol. The number of benzene rings is 1. The Bertz CT molecular complexity index is 477. The Kier molecular flexibility index (Phi) is 2.64. The van der Waals surface area contributed by atoms with Crippen molar-refractivity contribution >= 4 is 19.7 Å². The summed E-state index contributed by atoms with van der Waals surface area (Å²) < 4.78 is 28.1. The van der Waals surface area contributed by atoms with Crippen LogP contribution in [0.2, 0.25) is 0 Å². The van der Waals surface area contributed by atoms with Crippen molar-refractivity contribution in [3.05, 3.63) is 23.8 Å². The molecule has 3 nitrogen and oxygen atoms in total. The van der Waals surface area contributed by atoms with Crippen molar-refractivity contribution in [2.75, 3.05) is 0 Å². The summed E-state index contributed by atoms with van der Waals surface area (Å²) in [7, 11) is 1.61. The van der Waals surface area contributed by atoms with Gasteiger partial charge in [-0.25, -0.2) is 8.42 Å². The smallest absolute Gasteiger partial charge is 0.264 e. The van der Waals surface area contributed by atoms with Gasteiger partial charge in [0.2, 0.25) is 0 Å². The Morgan fingerprint density at radius 1 is 1.40 bits per heavy atom. The van der Waals surface area contributed by atoms with Gasteiger partial charge in [-0.1, -0.05) is 6.07 Å². The van der Waals surface area contributed by atoms with Crippen molar-refractivity contribution in [2.45, 2.75) is 30.8 Å². The van der Waals surface area contributed by atoms with Crippen LogP contribution in [0, 0.1) is 6.92 Å². The molecule has 1 aromatic rings. The van der Waals surface area contributed by atoms with Crippen LogP contribution < -0.4 is 4.74 Å². The Hall–Kier alpha value is -0.740. The molecule has 0 saturated heterocycles. The summed E-state index contributed by atoms with van der Waals surface area (Å²) >= 11 is 0. The van der Waals surface area contributed by atoms with Gasteiger partial charge in [-0.05, 0) is 37.5 Å². The summed E-state index contributed by atoms with van der Waals surface area (Å²) in [5, 5.41) is 0. The second-order valence-corrected chi connectivity index (χ2v) is 6.24. The summed E-state index contributed by atoms with van der Waals surface area (Å²) in [4.78, 5) is 0.0658. The van der Waals surface area contributed by atoms with Gasteiger partial charge in [0, 0.05) is 10.7 Å². The number of hydrogen-bond donors (Lipinski definition) is 0. The van der Waals surface area contributed by atoms with Gasteiger partial charge in [-0.3, -0.25) is 0 Å². The zero-order valence-corrected chi connectivity index (χ0v) is 9.81. The first-order valence-electron chi connectivity index (χ1n) is 4.69. The standard InChI is InChI=1S/C10H11ClO3S/c1-7-2-5-9(14-8-3-4-8)10(6-7)15(11,12)13/h2,5-6,8H,3-4H2,1H3. The van der Waals surface area contributed by atoms with Crippen LogP contribution in [-0.2, 0) is 9.05 Å². The maximum Gasteiger partial charge on any atom is 0.264 e. The lowest BCUT2D eigenvalue weighted by Gasteiger charge is -2.09. The van der Waals surface area contributed by atoms with E-state index >= 15 is 0 Å². The van der Waals surface area contributed by atoms with Gasteiger partial charge in [-0.2, -0.15) is 0 Å². The molecule has 2 rings (SSSR count). The van der Waals surface area contributed by atoms with Gasteiger partial charge in [0.05, 0.1) is 6.10 Å². The molecule has 0 spiro atoms. The number of aryl methyl sites for hydroxylation is 1. The average Bonchev–Trinajstić information content (AvgIpc) is 2.90. The average molecular weight is 247 g/mol. The molecule has 0 amide bonds. The van der Waals surface area contributed by atoms with E-state index in [1.54, 1.807) is 6.07 Å². The van der Waals surface area contributed by atoms with E-state index in [0.717, 1.165) is 18.4 Å². The number of ether oxygens (including phenoxy) is 1. The third kappa shape index (κ3) is 2.63. The van der Waals surface area contributed by atoms with Crippen LogP contribution in [0.25, 0.3) is 0 Å². The molecule has 0 bridgehead atoms. The normalized spacial score (nSPS) is 16.4. The van der Waals surface area contributed by atoms with E-state index in [9.17, 15) is 8.42 Å². The van der Waals surface area contributed by atoms with Crippen molar-refractivity contribution in [1.82, 2.24) is 0 Å². The Balaban J connectivity index is 2.43. The van der Waals surface area contributed by atoms with Gasteiger partial charge < -0.3 is 4.74 Å². The molecule has 0 aromatic heterocycles. The monoisotopic (exact) mass is 246 g/mol. The molecule has 1 fully saturated rings. The molecule has 0 aliphatic heterocycles. The van der Waals surface area contributed by atoms with Gasteiger partial charge in [0.25, 0.3) is 9.05 Å². The van der Waals surface area contributed by atoms with Gasteiger partial charge in [-0.15, -0.1) is 0 Å². The van der Waals surface area contributed by atoms with Gasteiger partial charge in [0.15, 0.2) is 0 Å². The minimum Gasteiger partial charge on any atom is -0.489 e. The summed E-state index contributed by atoms with van der Waals surface area (Å²) in [6.07, 6.45) is 2.12. The number of rotatable bonds is 3. The fourth-order valence-corrected chi connectivity index (χ4v) is 2.31. The van der Waals surface area contributed by atoms with Crippen LogP contribution in [0.3, 0.4) is 0 Å². The summed E-state index contributed by atoms with van der Waals surface area (Å²) in [6, 6.07) is 4.99. The Labute approximate surface area is 93.4 Å². The maximum atomic E-state index is 11.3. The molecule has 1 aromatic carbocycles. The second-order valence-electron chi connectivity index (χ2n) is 3.71. The molecule has 5 heteroatoms. The molecule has 1 aliphatic rings. The van der Waals surface area contributed by atoms with E-state index in [-0.39, 0.29) is 11.0 Å². The van der Waals surface area contributed by atoms with E-state index in [1.807, 2.05) is 13.0 Å². The first-order chi connectivity index (χ1) is 6.97. The lowest BCUT2D eigenvalue weighted by Crippen LogP contribution is -2.02. The largest absolute Gasteiger partial charge is 0.489 e. The van der Waals surface area contributed by atoms with Crippen LogP contribution >= 0.6 is 10.7 Å². The zero-order chi connectivity index (χ0) is 11.1. The van der Waals surface area contributed by atoms with Crippen molar-refractivity contribution < 1.29 is 13.2 Å². The van der Waals surface area contributed by atoms with Crippen LogP contribution in [0.4, 0.5) is 0 Å². The van der Waals surface area contributed by atoms with Crippen molar-refractivity contribution in [3.8, 4) is 5.75 Å². The fourth-order valence-electron chi connectivity index (χ4n) is 1.27. The fraction of sp³-hybridized carbons (Fsp3) is 0.400. The van der Waals surface area contributed by atoms with Crippen LogP contribution in [-0.4, -0.2) is 14.5 Å². The van der Waals surface area contributed by atoms with E-state index in [0.29, 0.717) is 5.75 Å². The SMILES string of the molecule is Cc1ccc(OC2CC2)c(S(=O)(=O)Cl)c1. The molecule has 0 atom stereocenters. The van der Waals surface area contributed by atoms with Crippen LogP contribution in [0.5, 0.6) is 5.75 Å². The molecule has 0 radical (unpaired) electrons. The zero-order valence-electron chi connectivity index (χ0n) is 8.23. The lowest BCUT2D eigenvalue weighted by atomic mass is 10.2. The van der Waals surface area contributed by atoms with E-state index in [4.69, 9.17) is 15.4 Å². The van der Waals surface area contributed by atoms with E-state index < -0.39 is 9.05 Å².